The van der Waals surface area contributed by atoms with Crippen molar-refractivity contribution in [2.24, 2.45) is 5.41 Å². The normalized spacial score (nSPS) is 20.8. The van der Waals surface area contributed by atoms with Crippen LogP contribution in [0.4, 0.5) is 16.0 Å². The van der Waals surface area contributed by atoms with Gasteiger partial charge in [-0.25, -0.2) is 19.3 Å². The van der Waals surface area contributed by atoms with Crippen LogP contribution in [0.15, 0.2) is 23.6 Å². The summed E-state index contributed by atoms with van der Waals surface area (Å²) in [5, 5.41) is 20.0. The number of carboxylic acids is 1. The van der Waals surface area contributed by atoms with Crippen LogP contribution in [0.1, 0.15) is 56.3 Å². The Labute approximate surface area is 239 Å². The molecule has 4 aromatic rings. The topological polar surface area (TPSA) is 158 Å². The first-order valence-corrected chi connectivity index (χ1v) is 14.3. The first-order chi connectivity index (χ1) is 19.5. The highest BCUT2D eigenvalue weighted by molar-refractivity contribution is 7.10. The molecule has 1 fully saturated rings. The van der Waals surface area contributed by atoms with Gasteiger partial charge in [0.15, 0.2) is 5.82 Å². The van der Waals surface area contributed by atoms with Gasteiger partial charge in [0.1, 0.15) is 33.6 Å². The van der Waals surface area contributed by atoms with E-state index in [2.05, 4.69) is 20.3 Å². The maximum absolute atomic E-state index is 14.3. The molecule has 5 heterocycles. The van der Waals surface area contributed by atoms with Crippen molar-refractivity contribution in [1.82, 2.24) is 24.7 Å². The Bertz CT molecular complexity index is 1690. The number of carbonyl (C=O) groups is 2. The highest BCUT2D eigenvalue weighted by Crippen LogP contribution is 2.46. The van der Waals surface area contributed by atoms with Crippen LogP contribution in [0.5, 0.6) is 0 Å². The van der Waals surface area contributed by atoms with Crippen molar-refractivity contribution in [3.8, 4) is 11.5 Å². The van der Waals surface area contributed by atoms with E-state index in [0.717, 1.165) is 19.3 Å². The molecule has 2 atom stereocenters. The number of amides is 1. The van der Waals surface area contributed by atoms with E-state index in [9.17, 15) is 19.1 Å². The number of benzene rings is 1. The number of halogens is 1. The van der Waals surface area contributed by atoms with Crippen molar-refractivity contribution in [3.05, 3.63) is 45.7 Å². The third-order valence-electron chi connectivity index (χ3n) is 7.88. The van der Waals surface area contributed by atoms with E-state index in [1.807, 2.05) is 0 Å². The zero-order valence-corrected chi connectivity index (χ0v) is 23.7. The highest BCUT2D eigenvalue weighted by Gasteiger charge is 2.50. The standard InChI is InChI=1S/C28H30FN7O4S/c1-27(2,26(38)39)11-15-13-41-25(31-15)28(3)19-21(30)32-23(33-22(19)34-24(28)37)20-17-8-7-14(29)10-18(17)36(35-20)12-16-6-4-5-9-40-16/h7-8,10,13,16H,4-6,9,11-12H2,1-3H3,(H,38,39)(H3,30,32,33,34,37)/t16-,28-/m0/s1. The summed E-state index contributed by atoms with van der Waals surface area (Å²) in [7, 11) is 0. The summed E-state index contributed by atoms with van der Waals surface area (Å²) >= 11 is 1.26. The monoisotopic (exact) mass is 579 g/mol. The molecule has 41 heavy (non-hydrogen) atoms. The molecule has 13 heteroatoms. The predicted octanol–water partition coefficient (Wildman–Crippen LogP) is 4.15. The SMILES string of the molecule is CC(C)(Cc1csc([C@]2(C)C(=O)Nc3nc(-c4nn(C[C@@H]5CCCCO5)c5cc(F)ccc45)nc(N)c32)n1)C(=O)O. The third-order valence-corrected chi connectivity index (χ3v) is 8.99. The summed E-state index contributed by atoms with van der Waals surface area (Å²) in [5.41, 5.74) is 6.19. The number of carboxylic acid groups (broad SMARTS) is 1. The Morgan fingerprint density at radius 3 is 2.85 bits per heavy atom. The second kappa shape index (κ2) is 9.84. The second-order valence-electron chi connectivity index (χ2n) is 11.4. The van der Waals surface area contributed by atoms with E-state index >= 15 is 0 Å². The van der Waals surface area contributed by atoms with E-state index in [-0.39, 0.29) is 41.7 Å². The lowest BCUT2D eigenvalue weighted by Crippen LogP contribution is -2.33. The molecule has 0 spiro atoms. The zero-order valence-electron chi connectivity index (χ0n) is 22.9. The molecule has 1 aromatic carbocycles. The molecule has 6 rings (SSSR count). The molecule has 0 bridgehead atoms. The molecule has 1 amide bonds. The maximum atomic E-state index is 14.3. The molecular weight excluding hydrogens is 549 g/mol. The summed E-state index contributed by atoms with van der Waals surface area (Å²) in [5.74, 6) is -1.14. The molecule has 2 aliphatic rings. The van der Waals surface area contributed by atoms with Gasteiger partial charge in [0.2, 0.25) is 5.91 Å². The first kappa shape index (κ1) is 27.2. The van der Waals surface area contributed by atoms with Crippen LogP contribution in [0.25, 0.3) is 22.4 Å². The largest absolute Gasteiger partial charge is 0.481 e. The van der Waals surface area contributed by atoms with E-state index < -0.39 is 16.8 Å². The number of anilines is 2. The van der Waals surface area contributed by atoms with Gasteiger partial charge in [-0.05, 0) is 58.2 Å². The van der Waals surface area contributed by atoms with Crippen LogP contribution in [0.2, 0.25) is 0 Å². The summed E-state index contributed by atoms with van der Waals surface area (Å²) in [6, 6.07) is 4.42. The Hall–Kier alpha value is -3.97. The zero-order chi connectivity index (χ0) is 29.1. The lowest BCUT2D eigenvalue weighted by molar-refractivity contribution is -0.146. The number of nitrogen functional groups attached to an aromatic ring is 1. The number of nitrogens with two attached hydrogens (primary N) is 1. The van der Waals surface area contributed by atoms with Gasteiger partial charge in [0, 0.05) is 23.8 Å². The van der Waals surface area contributed by atoms with Gasteiger partial charge in [0.05, 0.1) is 34.8 Å². The molecule has 0 unspecified atom stereocenters. The van der Waals surface area contributed by atoms with Crippen molar-refractivity contribution in [2.45, 2.75) is 64.5 Å². The van der Waals surface area contributed by atoms with E-state index in [1.54, 1.807) is 36.9 Å². The van der Waals surface area contributed by atoms with Gasteiger partial charge in [-0.3, -0.25) is 14.3 Å². The molecule has 0 radical (unpaired) electrons. The maximum Gasteiger partial charge on any atom is 0.309 e. The molecule has 1 saturated heterocycles. The Kier molecular flexibility index (Phi) is 6.53. The minimum atomic E-state index is -1.27. The Morgan fingerprint density at radius 1 is 1.32 bits per heavy atom. The molecular formula is C28H30FN7O4S. The summed E-state index contributed by atoms with van der Waals surface area (Å²) in [6.07, 6.45) is 3.15. The number of aliphatic carboxylic acids is 1. The summed E-state index contributed by atoms with van der Waals surface area (Å²) in [4.78, 5) is 38.9. The van der Waals surface area contributed by atoms with Gasteiger partial charge in [-0.15, -0.1) is 11.3 Å². The van der Waals surface area contributed by atoms with Crippen molar-refractivity contribution < 1.29 is 23.8 Å². The quantitative estimate of drug-likeness (QED) is 0.292. The molecule has 0 aliphatic carbocycles. The van der Waals surface area contributed by atoms with Gasteiger partial charge < -0.3 is 20.9 Å². The number of rotatable bonds is 7. The molecule has 3 aromatic heterocycles. The van der Waals surface area contributed by atoms with Crippen molar-refractivity contribution in [2.75, 3.05) is 17.7 Å². The summed E-state index contributed by atoms with van der Waals surface area (Å²) < 4.78 is 21.9. The van der Waals surface area contributed by atoms with Crippen molar-refractivity contribution in [3.63, 3.8) is 0 Å². The fraction of sp³-hybridized carbons (Fsp3) is 0.429. The fourth-order valence-corrected chi connectivity index (χ4v) is 6.44. The van der Waals surface area contributed by atoms with Crippen LogP contribution in [0, 0.1) is 11.2 Å². The average Bonchev–Trinajstić information content (AvgIpc) is 3.60. The minimum Gasteiger partial charge on any atom is -0.481 e. The molecule has 2 aliphatic heterocycles. The number of thiazole rings is 1. The number of fused-ring (bicyclic) bond motifs is 2. The van der Waals surface area contributed by atoms with Gasteiger partial charge in [-0.1, -0.05) is 0 Å². The molecule has 4 N–H and O–H groups in total. The van der Waals surface area contributed by atoms with Crippen LogP contribution in [-0.4, -0.2) is 54.4 Å². The fourth-order valence-electron chi connectivity index (χ4n) is 5.46. The average molecular weight is 580 g/mol. The predicted molar refractivity (Wildman–Crippen MR) is 151 cm³/mol. The number of ether oxygens (including phenoxy) is 1. The highest BCUT2D eigenvalue weighted by atomic mass is 32.1. The molecule has 214 valence electrons. The Morgan fingerprint density at radius 2 is 2.12 bits per heavy atom. The van der Waals surface area contributed by atoms with Gasteiger partial charge in [0.25, 0.3) is 0 Å². The van der Waals surface area contributed by atoms with E-state index in [1.165, 1.54) is 23.5 Å². The third kappa shape index (κ3) is 4.62. The minimum absolute atomic E-state index is 0.0294. The second-order valence-corrected chi connectivity index (χ2v) is 12.3. The number of nitrogens with one attached hydrogen (secondary N) is 1. The van der Waals surface area contributed by atoms with Gasteiger partial charge >= 0.3 is 5.97 Å². The first-order valence-electron chi connectivity index (χ1n) is 13.4. The molecule has 11 nitrogen and oxygen atoms in total. The Balaban J connectivity index is 1.39. The smallest absolute Gasteiger partial charge is 0.309 e. The molecule has 0 saturated carbocycles. The van der Waals surface area contributed by atoms with Crippen molar-refractivity contribution in [1.29, 1.82) is 0 Å². The number of hydrogen-bond donors (Lipinski definition) is 3. The number of nitrogens with zero attached hydrogens (tertiary/aromatic N) is 5. The number of aromatic nitrogens is 5. The van der Waals surface area contributed by atoms with Crippen LogP contribution in [0.3, 0.4) is 0 Å². The number of hydrogen-bond acceptors (Lipinski definition) is 9. The van der Waals surface area contributed by atoms with Crippen LogP contribution >= 0.6 is 11.3 Å². The van der Waals surface area contributed by atoms with E-state index in [0.29, 0.717) is 46.0 Å². The summed E-state index contributed by atoms with van der Waals surface area (Å²) in [6.45, 7) is 6.10. The van der Waals surface area contributed by atoms with Crippen LogP contribution < -0.4 is 11.1 Å². The van der Waals surface area contributed by atoms with Gasteiger partial charge in [-0.2, -0.15) is 5.10 Å². The van der Waals surface area contributed by atoms with Crippen LogP contribution in [-0.2, 0) is 32.7 Å². The lowest BCUT2D eigenvalue weighted by Gasteiger charge is -2.22. The van der Waals surface area contributed by atoms with E-state index in [4.69, 9.17) is 15.6 Å². The lowest BCUT2D eigenvalue weighted by atomic mass is 9.85. The van der Waals surface area contributed by atoms with Crippen molar-refractivity contribution >= 4 is 45.8 Å². The number of carbonyl (C=O) groups excluding carboxylic acids is 1.